The Balaban J connectivity index is 1.41. The zero-order valence-corrected chi connectivity index (χ0v) is 18.2. The fraction of sp³-hybridized carbons (Fsp3) is 0.440. The second-order valence-electron chi connectivity index (χ2n) is 8.47. The Labute approximate surface area is 183 Å². The molecule has 31 heavy (non-hydrogen) atoms. The van der Waals surface area contributed by atoms with E-state index in [0.717, 1.165) is 41.2 Å². The molecule has 1 saturated heterocycles. The molecule has 1 saturated carbocycles. The largest absolute Gasteiger partial charge is 0.493 e. The van der Waals surface area contributed by atoms with E-state index in [1.807, 2.05) is 49.4 Å². The maximum Gasteiger partial charge on any atom is 0.244 e. The first-order valence-electron chi connectivity index (χ1n) is 11.0. The number of ether oxygens (including phenoxy) is 2. The molecule has 1 aliphatic heterocycles. The van der Waals surface area contributed by atoms with E-state index in [4.69, 9.17) is 9.47 Å². The lowest BCUT2D eigenvalue weighted by Gasteiger charge is -2.19. The van der Waals surface area contributed by atoms with Crippen LogP contribution in [-0.4, -0.2) is 43.0 Å². The van der Waals surface area contributed by atoms with Gasteiger partial charge in [0.1, 0.15) is 0 Å². The zero-order valence-electron chi connectivity index (χ0n) is 18.2. The molecule has 6 heteroatoms. The Hall–Kier alpha value is -3.02. The van der Waals surface area contributed by atoms with E-state index in [9.17, 15) is 9.59 Å². The molecule has 0 bridgehead atoms. The number of para-hydroxylation sites is 1. The van der Waals surface area contributed by atoms with Gasteiger partial charge in [0.25, 0.3) is 0 Å². The number of aryl methyl sites for hydroxylation is 1. The summed E-state index contributed by atoms with van der Waals surface area (Å²) >= 11 is 0. The molecule has 0 spiro atoms. The second kappa shape index (κ2) is 9.41. The molecule has 1 heterocycles. The van der Waals surface area contributed by atoms with Crippen molar-refractivity contribution < 1.29 is 19.1 Å². The van der Waals surface area contributed by atoms with Crippen LogP contribution < -0.4 is 14.8 Å². The fourth-order valence-corrected chi connectivity index (χ4v) is 4.45. The molecule has 6 nitrogen and oxygen atoms in total. The molecule has 0 aromatic heterocycles. The van der Waals surface area contributed by atoms with Crippen LogP contribution in [0.15, 0.2) is 42.5 Å². The Bertz CT molecular complexity index is 952. The Morgan fingerprint density at radius 1 is 1.13 bits per heavy atom. The zero-order chi connectivity index (χ0) is 21.8. The minimum Gasteiger partial charge on any atom is -0.493 e. The van der Waals surface area contributed by atoms with E-state index in [1.165, 1.54) is 12.8 Å². The van der Waals surface area contributed by atoms with Crippen molar-refractivity contribution in [3.63, 3.8) is 0 Å². The maximum absolute atomic E-state index is 12.6. The smallest absolute Gasteiger partial charge is 0.244 e. The van der Waals surface area contributed by atoms with Gasteiger partial charge in [-0.05, 0) is 61.9 Å². The summed E-state index contributed by atoms with van der Waals surface area (Å²) in [5, 5.41) is 2.91. The van der Waals surface area contributed by atoms with Gasteiger partial charge in [-0.3, -0.25) is 9.59 Å². The summed E-state index contributed by atoms with van der Waals surface area (Å²) in [5.74, 6) is 1.32. The quantitative estimate of drug-likeness (QED) is 0.723. The van der Waals surface area contributed by atoms with E-state index in [2.05, 4.69) is 5.32 Å². The number of rotatable bonds is 7. The number of carbonyl (C=O) groups is 2. The summed E-state index contributed by atoms with van der Waals surface area (Å²) in [6.45, 7) is 2.53. The van der Waals surface area contributed by atoms with Gasteiger partial charge in [0.2, 0.25) is 11.8 Å². The normalized spacial score (nSPS) is 19.0. The molecule has 2 aromatic carbocycles. The molecule has 1 N–H and O–H groups in total. The van der Waals surface area contributed by atoms with Gasteiger partial charge in [0.05, 0.1) is 19.8 Å². The Morgan fingerprint density at radius 2 is 1.90 bits per heavy atom. The minimum atomic E-state index is -0.178. The van der Waals surface area contributed by atoms with Gasteiger partial charge in [-0.1, -0.05) is 24.3 Å². The van der Waals surface area contributed by atoms with Crippen molar-refractivity contribution in [2.45, 2.75) is 51.0 Å². The van der Waals surface area contributed by atoms with E-state index in [-0.39, 0.29) is 30.4 Å². The van der Waals surface area contributed by atoms with E-state index in [0.29, 0.717) is 13.0 Å². The van der Waals surface area contributed by atoms with Crippen LogP contribution in [0.3, 0.4) is 0 Å². The molecular weight excluding hydrogens is 392 g/mol. The molecule has 2 aromatic rings. The van der Waals surface area contributed by atoms with Gasteiger partial charge in [0, 0.05) is 24.6 Å². The number of likely N-dealkylation sites (tertiary alicyclic amines) is 1. The molecule has 0 radical (unpaired) electrons. The van der Waals surface area contributed by atoms with Crippen molar-refractivity contribution in [3.8, 4) is 11.5 Å². The number of benzene rings is 2. The number of amides is 2. The third-order valence-corrected chi connectivity index (χ3v) is 6.22. The number of nitrogens with one attached hydrogen (secondary N) is 1. The molecule has 2 amide bonds. The highest BCUT2D eigenvalue weighted by atomic mass is 16.5. The summed E-state index contributed by atoms with van der Waals surface area (Å²) < 4.78 is 11.7. The highest BCUT2D eigenvalue weighted by Gasteiger charge is 2.32. The lowest BCUT2D eigenvalue weighted by atomic mass is 9.98. The lowest BCUT2D eigenvalue weighted by Crippen LogP contribution is -2.34. The fourth-order valence-electron chi connectivity index (χ4n) is 4.45. The van der Waals surface area contributed by atoms with Gasteiger partial charge >= 0.3 is 0 Å². The van der Waals surface area contributed by atoms with Crippen molar-refractivity contribution in [2.75, 3.05) is 25.5 Å². The van der Waals surface area contributed by atoms with E-state index < -0.39 is 0 Å². The molecule has 4 rings (SSSR count). The maximum atomic E-state index is 12.6. The predicted molar refractivity (Wildman–Crippen MR) is 120 cm³/mol. The summed E-state index contributed by atoms with van der Waals surface area (Å²) in [7, 11) is 1.64. The average Bonchev–Trinajstić information content (AvgIpc) is 3.40. The van der Waals surface area contributed by atoms with Crippen LogP contribution >= 0.6 is 0 Å². The number of anilines is 1. The van der Waals surface area contributed by atoms with Crippen LogP contribution in [0.25, 0.3) is 0 Å². The molecule has 164 valence electrons. The summed E-state index contributed by atoms with van der Waals surface area (Å²) in [6.07, 6.45) is 5.16. The predicted octanol–water partition coefficient (Wildman–Crippen LogP) is 4.28. The number of nitrogens with zero attached hydrogens (tertiary/aromatic N) is 1. The molecule has 1 atom stereocenters. The molecule has 0 unspecified atom stereocenters. The van der Waals surface area contributed by atoms with Crippen LogP contribution in [0.1, 0.15) is 49.1 Å². The first kappa shape index (κ1) is 21.2. The SMILES string of the molecule is COc1ccc([C@H]2CC(=O)N(CC(=O)Nc3ccccc3C)C2)cc1OC1CCCC1. The van der Waals surface area contributed by atoms with Crippen LogP contribution in [0.2, 0.25) is 0 Å². The number of hydrogen-bond donors (Lipinski definition) is 1. The second-order valence-corrected chi connectivity index (χ2v) is 8.47. The molecule has 1 aliphatic carbocycles. The summed E-state index contributed by atoms with van der Waals surface area (Å²) in [6, 6.07) is 13.5. The van der Waals surface area contributed by atoms with Crippen molar-refractivity contribution in [1.29, 1.82) is 0 Å². The van der Waals surface area contributed by atoms with Crippen LogP contribution in [-0.2, 0) is 9.59 Å². The van der Waals surface area contributed by atoms with Crippen molar-refractivity contribution in [1.82, 2.24) is 4.90 Å². The minimum absolute atomic E-state index is 0.000914. The third kappa shape index (κ3) is 5.01. The lowest BCUT2D eigenvalue weighted by molar-refractivity contribution is -0.131. The Kier molecular flexibility index (Phi) is 6.44. The standard InChI is InChI=1S/C25H30N2O4/c1-17-7-3-6-10-21(17)26-24(28)16-27-15-19(14-25(27)29)18-11-12-22(30-2)23(13-18)31-20-8-4-5-9-20/h3,6-7,10-13,19-20H,4-5,8-9,14-16H2,1-2H3,(H,26,28)/t19-/m0/s1. The highest BCUT2D eigenvalue weighted by Crippen LogP contribution is 2.37. The average molecular weight is 423 g/mol. The molecule has 2 fully saturated rings. The topological polar surface area (TPSA) is 67.9 Å². The number of carbonyl (C=O) groups excluding carboxylic acids is 2. The molecule has 2 aliphatic rings. The summed E-state index contributed by atoms with van der Waals surface area (Å²) in [4.78, 5) is 26.7. The van der Waals surface area contributed by atoms with Crippen LogP contribution in [0.4, 0.5) is 5.69 Å². The van der Waals surface area contributed by atoms with Gasteiger partial charge in [0.15, 0.2) is 11.5 Å². The molecular formula is C25H30N2O4. The number of hydrogen-bond acceptors (Lipinski definition) is 4. The number of methoxy groups -OCH3 is 1. The van der Waals surface area contributed by atoms with Gasteiger partial charge < -0.3 is 19.7 Å². The first-order valence-corrected chi connectivity index (χ1v) is 11.0. The Morgan fingerprint density at radius 3 is 2.65 bits per heavy atom. The first-order chi connectivity index (χ1) is 15.0. The van der Waals surface area contributed by atoms with Crippen LogP contribution in [0.5, 0.6) is 11.5 Å². The van der Waals surface area contributed by atoms with Crippen molar-refractivity contribution >= 4 is 17.5 Å². The van der Waals surface area contributed by atoms with Crippen molar-refractivity contribution in [2.24, 2.45) is 0 Å². The van der Waals surface area contributed by atoms with Crippen molar-refractivity contribution in [3.05, 3.63) is 53.6 Å². The monoisotopic (exact) mass is 422 g/mol. The summed E-state index contributed by atoms with van der Waals surface area (Å²) in [5.41, 5.74) is 2.82. The van der Waals surface area contributed by atoms with Gasteiger partial charge in [-0.2, -0.15) is 0 Å². The van der Waals surface area contributed by atoms with Gasteiger partial charge in [-0.25, -0.2) is 0 Å². The van der Waals surface area contributed by atoms with Gasteiger partial charge in [-0.15, -0.1) is 0 Å². The highest BCUT2D eigenvalue weighted by molar-refractivity contribution is 5.95. The third-order valence-electron chi connectivity index (χ3n) is 6.22. The van der Waals surface area contributed by atoms with Crippen LogP contribution in [0, 0.1) is 6.92 Å². The van der Waals surface area contributed by atoms with E-state index >= 15 is 0 Å². The van der Waals surface area contributed by atoms with E-state index in [1.54, 1.807) is 12.0 Å².